The minimum absolute atomic E-state index is 0.0433. The first-order valence-corrected chi connectivity index (χ1v) is 3.90. The molecule has 5 heteroatoms. The lowest BCUT2D eigenvalue weighted by molar-refractivity contribution is 0.625. The summed E-state index contributed by atoms with van der Waals surface area (Å²) in [5.74, 6) is -0.952. The van der Waals surface area contributed by atoms with Gasteiger partial charge in [0.1, 0.15) is 11.7 Å². The zero-order valence-electron chi connectivity index (χ0n) is 6.07. The Morgan fingerprint density at radius 1 is 1.50 bits per heavy atom. The molecular weight excluding hydrogens is 225 g/mol. The molecule has 0 aromatic heterocycles. The highest BCUT2D eigenvalue weighted by Gasteiger charge is 2.09. The summed E-state index contributed by atoms with van der Waals surface area (Å²) >= 11 is 3.06. The molecule has 0 amide bonds. The van der Waals surface area contributed by atoms with Gasteiger partial charge in [-0.15, -0.1) is 0 Å². The van der Waals surface area contributed by atoms with Crippen LogP contribution < -0.4 is 11.5 Å². The van der Waals surface area contributed by atoms with Gasteiger partial charge < -0.3 is 11.5 Å². The number of rotatable bonds is 1. The molecule has 0 aliphatic heterocycles. The Morgan fingerprint density at radius 2 is 2.08 bits per heavy atom. The number of hydrogen-bond acceptors (Lipinski definition) is 2. The highest BCUT2D eigenvalue weighted by atomic mass is 79.9. The molecule has 5 N–H and O–H groups in total. The second-order valence-corrected chi connectivity index (χ2v) is 3.18. The zero-order chi connectivity index (χ0) is 9.30. The summed E-state index contributed by atoms with van der Waals surface area (Å²) in [6.45, 7) is 0. The second-order valence-electron chi connectivity index (χ2n) is 2.27. The molecule has 1 aromatic carbocycles. The van der Waals surface area contributed by atoms with Crippen LogP contribution in [-0.2, 0) is 0 Å². The van der Waals surface area contributed by atoms with Gasteiger partial charge in [0.25, 0.3) is 0 Å². The third-order valence-corrected chi connectivity index (χ3v) is 1.81. The number of anilines is 1. The van der Waals surface area contributed by atoms with Crippen molar-refractivity contribution in [2.24, 2.45) is 5.73 Å². The molecule has 0 bridgehead atoms. The molecule has 0 radical (unpaired) electrons. The molecule has 0 aliphatic rings. The van der Waals surface area contributed by atoms with Crippen molar-refractivity contribution in [1.82, 2.24) is 0 Å². The molecule has 3 nitrogen and oxygen atoms in total. The van der Waals surface area contributed by atoms with Crippen molar-refractivity contribution in [2.75, 3.05) is 5.73 Å². The maximum atomic E-state index is 13.0. The van der Waals surface area contributed by atoms with Crippen LogP contribution in [0.5, 0.6) is 0 Å². The van der Waals surface area contributed by atoms with Crippen LogP contribution >= 0.6 is 15.9 Å². The highest BCUT2D eigenvalue weighted by Crippen LogP contribution is 2.21. The van der Waals surface area contributed by atoms with Crippen molar-refractivity contribution in [3.8, 4) is 0 Å². The predicted molar refractivity (Wildman–Crippen MR) is 49.5 cm³/mol. The van der Waals surface area contributed by atoms with Crippen LogP contribution in [0, 0.1) is 11.2 Å². The Hall–Kier alpha value is -1.10. The van der Waals surface area contributed by atoms with Gasteiger partial charge >= 0.3 is 0 Å². The van der Waals surface area contributed by atoms with E-state index in [1.54, 1.807) is 0 Å². The van der Waals surface area contributed by atoms with Gasteiger partial charge in [-0.05, 0) is 12.1 Å². The monoisotopic (exact) mass is 231 g/mol. The van der Waals surface area contributed by atoms with E-state index >= 15 is 0 Å². The van der Waals surface area contributed by atoms with Gasteiger partial charge in [0.15, 0.2) is 0 Å². The molecule has 0 heterocycles. The average Bonchev–Trinajstić information content (AvgIpc) is 1.82. The zero-order valence-corrected chi connectivity index (χ0v) is 7.65. The van der Waals surface area contributed by atoms with Crippen molar-refractivity contribution in [3.05, 3.63) is 28.0 Å². The molecule has 0 unspecified atom stereocenters. The average molecular weight is 232 g/mol. The lowest BCUT2D eigenvalue weighted by Gasteiger charge is -2.04. The Kier molecular flexibility index (Phi) is 2.32. The first-order chi connectivity index (χ1) is 5.52. The highest BCUT2D eigenvalue weighted by molar-refractivity contribution is 9.10. The minimum Gasteiger partial charge on any atom is -0.398 e. The third-order valence-electron chi connectivity index (χ3n) is 1.35. The SMILES string of the molecule is N=C(N)c1c(N)cc(Br)cc1F. The first kappa shape index (κ1) is 8.99. The van der Waals surface area contributed by atoms with Gasteiger partial charge in [0, 0.05) is 10.2 Å². The minimum atomic E-state index is -0.589. The molecule has 0 fully saturated rings. The topological polar surface area (TPSA) is 75.9 Å². The Morgan fingerprint density at radius 3 is 2.50 bits per heavy atom. The fourth-order valence-electron chi connectivity index (χ4n) is 0.878. The standard InChI is InChI=1S/C7H7BrFN3/c8-3-1-4(9)6(7(11)12)5(10)2-3/h1-2H,10H2,(H3,11,12). The van der Waals surface area contributed by atoms with Crippen LogP contribution in [0.2, 0.25) is 0 Å². The lowest BCUT2D eigenvalue weighted by atomic mass is 10.1. The molecule has 0 saturated carbocycles. The maximum absolute atomic E-state index is 13.0. The van der Waals surface area contributed by atoms with Gasteiger partial charge in [-0.2, -0.15) is 0 Å². The predicted octanol–water partition coefficient (Wildman–Crippen LogP) is 1.45. The van der Waals surface area contributed by atoms with Gasteiger partial charge in [-0.1, -0.05) is 15.9 Å². The van der Waals surface area contributed by atoms with E-state index in [-0.39, 0.29) is 17.1 Å². The largest absolute Gasteiger partial charge is 0.398 e. The van der Waals surface area contributed by atoms with Crippen molar-refractivity contribution in [2.45, 2.75) is 0 Å². The molecular formula is C7H7BrFN3. The number of nitrogen functional groups attached to an aromatic ring is 2. The number of hydrogen-bond donors (Lipinski definition) is 3. The molecule has 64 valence electrons. The van der Waals surface area contributed by atoms with E-state index in [1.165, 1.54) is 12.1 Å². The fraction of sp³-hybridized carbons (Fsp3) is 0. The van der Waals surface area contributed by atoms with Crippen LogP contribution in [0.3, 0.4) is 0 Å². The normalized spacial score (nSPS) is 9.83. The lowest BCUT2D eigenvalue weighted by Crippen LogP contribution is -2.15. The summed E-state index contributed by atoms with van der Waals surface area (Å²) in [7, 11) is 0. The second kappa shape index (κ2) is 3.10. The van der Waals surface area contributed by atoms with Crippen LogP contribution in [0.4, 0.5) is 10.1 Å². The fourth-order valence-corrected chi connectivity index (χ4v) is 1.33. The summed E-state index contributed by atoms with van der Waals surface area (Å²) < 4.78 is 13.6. The van der Waals surface area contributed by atoms with Gasteiger partial charge in [-0.25, -0.2) is 4.39 Å². The van der Waals surface area contributed by atoms with Crippen LogP contribution in [0.15, 0.2) is 16.6 Å². The number of nitrogens with one attached hydrogen (secondary N) is 1. The van der Waals surface area contributed by atoms with Gasteiger partial charge in [0.05, 0.1) is 5.56 Å². The summed E-state index contributed by atoms with van der Waals surface area (Å²) in [6, 6.07) is 2.72. The molecule has 0 saturated heterocycles. The van der Waals surface area contributed by atoms with E-state index in [4.69, 9.17) is 16.9 Å². The van der Waals surface area contributed by atoms with Crippen LogP contribution in [0.1, 0.15) is 5.56 Å². The number of nitrogens with two attached hydrogens (primary N) is 2. The van der Waals surface area contributed by atoms with E-state index in [1.807, 2.05) is 0 Å². The Balaban J connectivity index is 3.38. The van der Waals surface area contributed by atoms with E-state index in [0.717, 1.165) is 0 Å². The van der Waals surface area contributed by atoms with Crippen molar-refractivity contribution >= 4 is 27.5 Å². The van der Waals surface area contributed by atoms with E-state index < -0.39 is 5.82 Å². The van der Waals surface area contributed by atoms with Crippen molar-refractivity contribution in [3.63, 3.8) is 0 Å². The quantitative estimate of drug-likeness (QED) is 0.389. The molecule has 1 aromatic rings. The molecule has 12 heavy (non-hydrogen) atoms. The van der Waals surface area contributed by atoms with E-state index in [0.29, 0.717) is 4.47 Å². The first-order valence-electron chi connectivity index (χ1n) is 3.11. The number of benzene rings is 1. The van der Waals surface area contributed by atoms with Crippen LogP contribution in [-0.4, -0.2) is 5.84 Å². The summed E-state index contributed by atoms with van der Waals surface area (Å²) in [5.41, 5.74) is 10.7. The van der Waals surface area contributed by atoms with Gasteiger partial charge in [0.2, 0.25) is 0 Å². The molecule has 0 spiro atoms. The molecule has 0 aliphatic carbocycles. The molecule has 0 atom stereocenters. The van der Waals surface area contributed by atoms with Crippen molar-refractivity contribution in [1.29, 1.82) is 5.41 Å². The smallest absolute Gasteiger partial charge is 0.137 e. The summed E-state index contributed by atoms with van der Waals surface area (Å²) in [6.07, 6.45) is 0. The summed E-state index contributed by atoms with van der Waals surface area (Å²) in [5, 5.41) is 7.03. The number of halogens is 2. The van der Waals surface area contributed by atoms with Gasteiger partial charge in [-0.3, -0.25) is 5.41 Å². The Bertz CT molecular complexity index is 314. The van der Waals surface area contributed by atoms with Crippen LogP contribution in [0.25, 0.3) is 0 Å². The third kappa shape index (κ3) is 1.55. The van der Waals surface area contributed by atoms with E-state index in [2.05, 4.69) is 15.9 Å². The molecule has 1 rings (SSSR count). The maximum Gasteiger partial charge on any atom is 0.137 e. The number of amidine groups is 1. The Labute approximate surface area is 77.2 Å². The summed E-state index contributed by atoms with van der Waals surface area (Å²) in [4.78, 5) is 0. The van der Waals surface area contributed by atoms with Crippen molar-refractivity contribution < 1.29 is 4.39 Å². The van der Waals surface area contributed by atoms with E-state index in [9.17, 15) is 4.39 Å².